The van der Waals surface area contributed by atoms with E-state index in [4.69, 9.17) is 0 Å². The van der Waals surface area contributed by atoms with E-state index in [9.17, 15) is 0 Å². The van der Waals surface area contributed by atoms with Gasteiger partial charge in [0.25, 0.3) is 0 Å². The maximum Gasteiger partial charge on any atom is 0.0349 e. The van der Waals surface area contributed by atoms with Crippen LogP contribution in [-0.4, -0.2) is 0 Å². The van der Waals surface area contributed by atoms with Crippen molar-refractivity contribution in [3.8, 4) is 0 Å². The van der Waals surface area contributed by atoms with E-state index in [0.717, 1.165) is 0 Å². The standard InChI is InChI=1S/C32H21PS/c1-3-7-25(8-4-1)33(26-9-5-2-6-10-26)27-17-15-22-11-12-23-13-14-24-16-18-30-28(19-20-34-30)31(24)32(23)29(22)21-27/h1-21H. The molecule has 0 unspecified atom stereocenters. The van der Waals surface area contributed by atoms with Crippen molar-refractivity contribution in [1.82, 2.24) is 0 Å². The Hall–Kier alpha value is -3.51. The van der Waals surface area contributed by atoms with Gasteiger partial charge in [0.05, 0.1) is 0 Å². The van der Waals surface area contributed by atoms with E-state index < -0.39 is 7.92 Å². The third kappa shape index (κ3) is 3.16. The van der Waals surface area contributed by atoms with Crippen LogP contribution in [0.5, 0.6) is 0 Å². The minimum Gasteiger partial charge on any atom is -0.144 e. The minimum absolute atomic E-state index is 0.641. The molecule has 1 heterocycles. The Bertz CT molecular complexity index is 1760. The van der Waals surface area contributed by atoms with Gasteiger partial charge in [0.2, 0.25) is 0 Å². The highest BCUT2D eigenvalue weighted by atomic mass is 32.1. The summed E-state index contributed by atoms with van der Waals surface area (Å²) in [6.45, 7) is 0. The lowest BCUT2D eigenvalue weighted by Gasteiger charge is -2.20. The second kappa shape index (κ2) is 8.06. The monoisotopic (exact) mass is 468 g/mol. The van der Waals surface area contributed by atoms with Crippen LogP contribution >= 0.6 is 19.3 Å². The summed E-state index contributed by atoms with van der Waals surface area (Å²) in [6.07, 6.45) is 0. The Kier molecular flexibility index (Phi) is 4.72. The van der Waals surface area contributed by atoms with Crippen molar-refractivity contribution in [2.45, 2.75) is 0 Å². The Morgan fingerprint density at radius 2 is 1.00 bits per heavy atom. The first kappa shape index (κ1) is 19.9. The average molecular weight is 469 g/mol. The molecule has 0 N–H and O–H groups in total. The lowest BCUT2D eigenvalue weighted by Crippen LogP contribution is -2.20. The molecule has 0 aliphatic rings. The fourth-order valence-electron chi connectivity index (χ4n) is 5.14. The molecule has 0 aliphatic carbocycles. The molecule has 0 amide bonds. The van der Waals surface area contributed by atoms with Crippen LogP contribution in [0.4, 0.5) is 0 Å². The molecule has 0 radical (unpaired) electrons. The molecule has 0 nitrogen and oxygen atoms in total. The Balaban J connectivity index is 1.58. The van der Waals surface area contributed by atoms with Crippen molar-refractivity contribution in [3.05, 3.63) is 127 Å². The molecule has 7 rings (SSSR count). The summed E-state index contributed by atoms with van der Waals surface area (Å²) in [5, 5.41) is 15.7. The van der Waals surface area contributed by atoms with Gasteiger partial charge in [-0.1, -0.05) is 103 Å². The zero-order chi connectivity index (χ0) is 22.5. The number of thiophene rings is 1. The third-order valence-corrected chi connectivity index (χ3v) is 9.99. The number of rotatable bonds is 3. The minimum atomic E-state index is -0.641. The second-order valence-corrected chi connectivity index (χ2v) is 11.8. The van der Waals surface area contributed by atoms with Crippen LogP contribution in [0, 0.1) is 0 Å². The van der Waals surface area contributed by atoms with Crippen LogP contribution < -0.4 is 15.9 Å². The maximum atomic E-state index is 2.47. The van der Waals surface area contributed by atoms with Crippen LogP contribution in [0.3, 0.4) is 0 Å². The molecule has 1 aromatic heterocycles. The molecule has 0 atom stereocenters. The highest BCUT2D eigenvalue weighted by Crippen LogP contribution is 2.39. The van der Waals surface area contributed by atoms with Crippen LogP contribution in [0.2, 0.25) is 0 Å². The summed E-state index contributed by atoms with van der Waals surface area (Å²) >= 11 is 1.82. The van der Waals surface area contributed by atoms with Gasteiger partial charge in [0.1, 0.15) is 0 Å². The van der Waals surface area contributed by atoms with Crippen LogP contribution in [-0.2, 0) is 0 Å². The number of hydrogen-bond acceptors (Lipinski definition) is 1. The first-order valence-electron chi connectivity index (χ1n) is 11.5. The second-order valence-electron chi connectivity index (χ2n) is 8.64. The molecule has 160 valence electrons. The van der Waals surface area contributed by atoms with E-state index in [-0.39, 0.29) is 0 Å². The van der Waals surface area contributed by atoms with E-state index in [0.29, 0.717) is 0 Å². The predicted octanol–water partition coefficient (Wildman–Crippen LogP) is 8.12. The van der Waals surface area contributed by atoms with Gasteiger partial charge in [-0.3, -0.25) is 0 Å². The first-order valence-corrected chi connectivity index (χ1v) is 13.7. The van der Waals surface area contributed by atoms with Crippen LogP contribution in [0.25, 0.3) is 42.4 Å². The smallest absolute Gasteiger partial charge is 0.0349 e. The first-order chi connectivity index (χ1) is 16.9. The molecular weight excluding hydrogens is 447 g/mol. The summed E-state index contributed by atoms with van der Waals surface area (Å²) < 4.78 is 1.35. The molecule has 0 aliphatic heterocycles. The van der Waals surface area contributed by atoms with Crippen LogP contribution in [0.1, 0.15) is 0 Å². The van der Waals surface area contributed by atoms with Gasteiger partial charge in [-0.15, -0.1) is 11.3 Å². The van der Waals surface area contributed by atoms with E-state index in [1.165, 1.54) is 58.3 Å². The van der Waals surface area contributed by atoms with Gasteiger partial charge >= 0.3 is 0 Å². The van der Waals surface area contributed by atoms with Gasteiger partial charge < -0.3 is 0 Å². The van der Waals surface area contributed by atoms with Crippen LogP contribution in [0.15, 0.2) is 127 Å². The molecule has 0 saturated carbocycles. The van der Waals surface area contributed by atoms with Gasteiger partial charge in [-0.05, 0) is 79.7 Å². The van der Waals surface area contributed by atoms with Gasteiger partial charge in [-0.2, -0.15) is 0 Å². The summed E-state index contributed by atoms with van der Waals surface area (Å²) in [5.41, 5.74) is 0. The lowest BCUT2D eigenvalue weighted by atomic mass is 9.95. The summed E-state index contributed by atoms with van der Waals surface area (Å²) in [5.74, 6) is 0. The molecule has 0 fully saturated rings. The average Bonchev–Trinajstić information content (AvgIpc) is 3.39. The fourth-order valence-corrected chi connectivity index (χ4v) is 8.25. The van der Waals surface area contributed by atoms with Gasteiger partial charge in [-0.25, -0.2) is 0 Å². The van der Waals surface area contributed by atoms with Crippen molar-refractivity contribution in [2.24, 2.45) is 0 Å². The summed E-state index contributed by atoms with van der Waals surface area (Å²) in [4.78, 5) is 0. The molecule has 34 heavy (non-hydrogen) atoms. The predicted molar refractivity (Wildman–Crippen MR) is 153 cm³/mol. The fraction of sp³-hybridized carbons (Fsp3) is 0. The van der Waals surface area contributed by atoms with Crippen molar-refractivity contribution in [1.29, 1.82) is 0 Å². The quantitative estimate of drug-likeness (QED) is 0.181. The van der Waals surface area contributed by atoms with E-state index in [1.807, 2.05) is 11.3 Å². The van der Waals surface area contributed by atoms with Crippen molar-refractivity contribution in [2.75, 3.05) is 0 Å². The van der Waals surface area contributed by atoms with Gasteiger partial charge in [0, 0.05) is 10.1 Å². The van der Waals surface area contributed by atoms with Crippen molar-refractivity contribution < 1.29 is 0 Å². The highest BCUT2D eigenvalue weighted by Gasteiger charge is 2.18. The van der Waals surface area contributed by atoms with Crippen molar-refractivity contribution >= 4 is 77.6 Å². The number of benzene rings is 6. The largest absolute Gasteiger partial charge is 0.144 e. The Labute approximate surface area is 203 Å². The zero-order valence-corrected chi connectivity index (χ0v) is 20.2. The topological polar surface area (TPSA) is 0 Å². The molecule has 0 saturated heterocycles. The zero-order valence-electron chi connectivity index (χ0n) is 18.5. The van der Waals surface area contributed by atoms with E-state index >= 15 is 0 Å². The molecule has 0 spiro atoms. The van der Waals surface area contributed by atoms with Crippen molar-refractivity contribution in [3.63, 3.8) is 0 Å². The molecule has 7 aromatic rings. The normalized spacial score (nSPS) is 11.8. The number of hydrogen-bond donors (Lipinski definition) is 0. The molecule has 6 aromatic carbocycles. The third-order valence-electron chi connectivity index (χ3n) is 6.68. The van der Waals surface area contributed by atoms with Gasteiger partial charge in [0.15, 0.2) is 0 Å². The summed E-state index contributed by atoms with van der Waals surface area (Å²) in [6, 6.07) is 45.0. The van der Waals surface area contributed by atoms with E-state index in [1.54, 1.807) is 0 Å². The highest BCUT2D eigenvalue weighted by molar-refractivity contribution is 7.79. The SMILES string of the molecule is c1ccc(P(c2ccccc2)c2ccc3ccc4ccc5ccc6sccc6c5c4c3c2)cc1. The Morgan fingerprint density at radius 3 is 1.68 bits per heavy atom. The molecule has 0 bridgehead atoms. The number of fused-ring (bicyclic) bond motifs is 7. The van der Waals surface area contributed by atoms with E-state index in [2.05, 4.69) is 127 Å². The molecular formula is C32H21PS. The Morgan fingerprint density at radius 1 is 0.441 bits per heavy atom. The molecule has 2 heteroatoms. The summed E-state index contributed by atoms with van der Waals surface area (Å²) in [7, 11) is -0.641. The maximum absolute atomic E-state index is 2.47. The lowest BCUT2D eigenvalue weighted by molar-refractivity contribution is 1.75.